The quantitative estimate of drug-likeness (QED) is 0.837. The molecular formula is C14H11Cl2NO3. The van der Waals surface area contributed by atoms with Gasteiger partial charge in [0.2, 0.25) is 0 Å². The van der Waals surface area contributed by atoms with Crippen LogP contribution in [0.15, 0.2) is 36.4 Å². The van der Waals surface area contributed by atoms with Gasteiger partial charge in [-0.05, 0) is 23.8 Å². The zero-order valence-electron chi connectivity index (χ0n) is 10.3. The predicted octanol–water partition coefficient (Wildman–Crippen LogP) is 4.00. The Morgan fingerprint density at radius 2 is 1.90 bits per heavy atom. The van der Waals surface area contributed by atoms with Crippen molar-refractivity contribution in [1.82, 2.24) is 0 Å². The Morgan fingerprint density at radius 3 is 2.55 bits per heavy atom. The van der Waals surface area contributed by atoms with Gasteiger partial charge in [0.15, 0.2) is 5.75 Å². The first-order valence-corrected chi connectivity index (χ1v) is 6.45. The van der Waals surface area contributed by atoms with Crippen LogP contribution >= 0.6 is 23.2 Å². The van der Waals surface area contributed by atoms with Crippen molar-refractivity contribution in [2.75, 3.05) is 5.73 Å². The number of hydrogen-bond acceptors (Lipinski definition) is 3. The molecule has 0 saturated carbocycles. The summed E-state index contributed by atoms with van der Waals surface area (Å²) in [6.07, 6.45) is -0.231. The number of nitrogen functional groups attached to an aromatic ring is 1. The van der Waals surface area contributed by atoms with Crippen molar-refractivity contribution in [2.45, 2.75) is 6.42 Å². The second-order valence-electron chi connectivity index (χ2n) is 4.08. The summed E-state index contributed by atoms with van der Waals surface area (Å²) in [5.74, 6) is -0.297. The molecule has 2 aromatic carbocycles. The van der Waals surface area contributed by atoms with E-state index in [1.807, 2.05) is 0 Å². The molecule has 0 saturated heterocycles. The third kappa shape index (κ3) is 3.35. The van der Waals surface area contributed by atoms with Gasteiger partial charge in [-0.25, -0.2) is 0 Å². The molecule has 0 atom stereocenters. The van der Waals surface area contributed by atoms with Crippen molar-refractivity contribution < 1.29 is 14.6 Å². The monoisotopic (exact) mass is 311 g/mol. The number of para-hydroxylation sites is 1. The van der Waals surface area contributed by atoms with E-state index in [9.17, 15) is 4.79 Å². The zero-order valence-corrected chi connectivity index (χ0v) is 11.8. The maximum absolute atomic E-state index is 10.8. The topological polar surface area (TPSA) is 72.6 Å². The highest BCUT2D eigenvalue weighted by atomic mass is 35.5. The minimum Gasteiger partial charge on any atom is -0.481 e. The second kappa shape index (κ2) is 6.03. The average molecular weight is 312 g/mol. The minimum atomic E-state index is -0.998. The molecule has 6 heteroatoms. The lowest BCUT2D eigenvalue weighted by atomic mass is 10.1. The van der Waals surface area contributed by atoms with E-state index in [-0.39, 0.29) is 17.9 Å². The summed E-state index contributed by atoms with van der Waals surface area (Å²) in [6, 6.07) is 9.91. The number of carboxylic acids is 1. The van der Waals surface area contributed by atoms with E-state index in [1.165, 1.54) is 12.1 Å². The van der Waals surface area contributed by atoms with Crippen LogP contribution < -0.4 is 10.5 Å². The van der Waals surface area contributed by atoms with Crippen LogP contribution in [0.2, 0.25) is 10.0 Å². The van der Waals surface area contributed by atoms with Crippen LogP contribution in [0.5, 0.6) is 11.5 Å². The third-order valence-corrected chi connectivity index (χ3v) is 3.12. The molecule has 104 valence electrons. The fourth-order valence-electron chi connectivity index (χ4n) is 1.69. The summed E-state index contributed by atoms with van der Waals surface area (Å²) < 4.78 is 5.61. The molecule has 3 N–H and O–H groups in total. The fraction of sp³-hybridized carbons (Fsp3) is 0.0714. The van der Waals surface area contributed by atoms with Gasteiger partial charge >= 0.3 is 5.97 Å². The number of carbonyl (C=O) groups is 1. The van der Waals surface area contributed by atoms with Gasteiger partial charge in [-0.1, -0.05) is 35.3 Å². The Hall–Kier alpha value is -1.91. The van der Waals surface area contributed by atoms with Crippen LogP contribution in [0.3, 0.4) is 0 Å². The van der Waals surface area contributed by atoms with E-state index >= 15 is 0 Å². The Balaban J connectivity index is 2.39. The smallest absolute Gasteiger partial charge is 0.307 e. The Morgan fingerprint density at radius 1 is 1.20 bits per heavy atom. The summed E-state index contributed by atoms with van der Waals surface area (Å²) in [6.45, 7) is 0. The number of aliphatic carboxylic acids is 1. The van der Waals surface area contributed by atoms with E-state index < -0.39 is 5.97 Å². The van der Waals surface area contributed by atoms with Crippen molar-refractivity contribution in [3.63, 3.8) is 0 Å². The first-order valence-electron chi connectivity index (χ1n) is 5.69. The molecule has 0 aliphatic heterocycles. The van der Waals surface area contributed by atoms with Crippen molar-refractivity contribution in [3.05, 3.63) is 52.0 Å². The van der Waals surface area contributed by atoms with Gasteiger partial charge < -0.3 is 15.6 Å². The van der Waals surface area contributed by atoms with Crippen molar-refractivity contribution in [2.24, 2.45) is 0 Å². The van der Waals surface area contributed by atoms with Crippen LogP contribution in [0, 0.1) is 0 Å². The first-order chi connectivity index (χ1) is 9.47. The molecule has 20 heavy (non-hydrogen) atoms. The molecule has 0 unspecified atom stereocenters. The molecule has 0 spiro atoms. The number of benzene rings is 2. The molecule has 0 aromatic heterocycles. The molecule has 4 nitrogen and oxygen atoms in total. The van der Waals surface area contributed by atoms with Crippen molar-refractivity contribution in [3.8, 4) is 11.5 Å². The summed E-state index contributed by atoms with van der Waals surface area (Å²) in [4.78, 5) is 10.8. The largest absolute Gasteiger partial charge is 0.481 e. The predicted molar refractivity (Wildman–Crippen MR) is 78.7 cm³/mol. The number of rotatable bonds is 4. The van der Waals surface area contributed by atoms with Gasteiger partial charge in [0.1, 0.15) is 5.75 Å². The fourth-order valence-corrected chi connectivity index (χ4v) is 2.09. The maximum Gasteiger partial charge on any atom is 0.307 e. The summed E-state index contributed by atoms with van der Waals surface area (Å²) in [5.41, 5.74) is 6.54. The van der Waals surface area contributed by atoms with Crippen LogP contribution in [0.1, 0.15) is 5.56 Å². The van der Waals surface area contributed by atoms with Gasteiger partial charge in [-0.3, -0.25) is 4.79 Å². The van der Waals surface area contributed by atoms with Gasteiger partial charge in [0.25, 0.3) is 0 Å². The highest BCUT2D eigenvalue weighted by Gasteiger charge is 2.13. The lowest BCUT2D eigenvalue weighted by Gasteiger charge is -2.13. The Labute approximate surface area is 125 Å². The first kappa shape index (κ1) is 14.5. The van der Waals surface area contributed by atoms with Crippen molar-refractivity contribution in [1.29, 1.82) is 0 Å². The number of nitrogens with two attached hydrogens (primary N) is 1. The number of halogens is 2. The van der Waals surface area contributed by atoms with Crippen molar-refractivity contribution >= 4 is 34.9 Å². The van der Waals surface area contributed by atoms with E-state index in [1.54, 1.807) is 24.3 Å². The highest BCUT2D eigenvalue weighted by Crippen LogP contribution is 2.36. The lowest BCUT2D eigenvalue weighted by molar-refractivity contribution is -0.136. The zero-order chi connectivity index (χ0) is 14.7. The molecule has 0 amide bonds. The lowest BCUT2D eigenvalue weighted by Crippen LogP contribution is -2.05. The number of hydrogen-bond donors (Lipinski definition) is 2. The third-order valence-electron chi connectivity index (χ3n) is 2.59. The number of anilines is 1. The molecule has 0 aliphatic carbocycles. The van der Waals surface area contributed by atoms with E-state index in [4.69, 9.17) is 38.8 Å². The molecule has 0 radical (unpaired) electrons. The molecule has 0 aliphatic rings. The Bertz CT molecular complexity index is 659. The van der Waals surface area contributed by atoms with Crippen LogP contribution in [-0.4, -0.2) is 11.1 Å². The summed E-state index contributed by atoms with van der Waals surface area (Å²) >= 11 is 11.9. The average Bonchev–Trinajstić information content (AvgIpc) is 2.37. The molecule has 0 fully saturated rings. The minimum absolute atomic E-state index is 0.231. The van der Waals surface area contributed by atoms with E-state index in [2.05, 4.69) is 0 Å². The van der Waals surface area contributed by atoms with Crippen LogP contribution in [-0.2, 0) is 11.2 Å². The summed E-state index contributed by atoms with van der Waals surface area (Å²) in [7, 11) is 0. The Kier molecular flexibility index (Phi) is 4.37. The molecular weight excluding hydrogens is 301 g/mol. The van der Waals surface area contributed by atoms with Gasteiger partial charge in [0, 0.05) is 11.1 Å². The molecule has 2 aromatic rings. The standard InChI is InChI=1S/C14H11Cl2NO3/c15-9-5-8(6-13(18)19)14(17)12(7-9)20-11-4-2-1-3-10(11)16/h1-5,7H,6,17H2,(H,18,19). The van der Waals surface area contributed by atoms with Gasteiger partial charge in [-0.15, -0.1) is 0 Å². The van der Waals surface area contributed by atoms with Gasteiger partial charge in [0.05, 0.1) is 17.1 Å². The summed E-state index contributed by atoms with van der Waals surface area (Å²) in [5, 5.41) is 9.61. The SMILES string of the molecule is Nc1c(CC(=O)O)cc(Cl)cc1Oc1ccccc1Cl. The molecule has 0 bridgehead atoms. The maximum atomic E-state index is 10.8. The number of ether oxygens (including phenoxy) is 1. The molecule has 0 heterocycles. The normalized spacial score (nSPS) is 10.3. The van der Waals surface area contributed by atoms with E-state index in [0.717, 1.165) is 0 Å². The van der Waals surface area contributed by atoms with Crippen LogP contribution in [0.4, 0.5) is 5.69 Å². The number of carboxylic acid groups (broad SMARTS) is 1. The molecule has 2 rings (SSSR count). The van der Waals surface area contributed by atoms with Crippen LogP contribution in [0.25, 0.3) is 0 Å². The second-order valence-corrected chi connectivity index (χ2v) is 4.92. The highest BCUT2D eigenvalue weighted by molar-refractivity contribution is 6.32. The van der Waals surface area contributed by atoms with Gasteiger partial charge in [-0.2, -0.15) is 0 Å². The van der Waals surface area contributed by atoms with E-state index in [0.29, 0.717) is 21.4 Å².